The summed E-state index contributed by atoms with van der Waals surface area (Å²) in [5.74, 6) is 0. The Morgan fingerprint density at radius 1 is 1.29 bits per heavy atom. The maximum atomic E-state index is 11.9. The average Bonchev–Trinajstić information content (AvgIpc) is 2.54. The van der Waals surface area contributed by atoms with Crippen molar-refractivity contribution in [3.8, 4) is 0 Å². The molecule has 0 aliphatic rings. The molecule has 0 aliphatic carbocycles. The molecule has 100 valence electrons. The molecule has 0 bridgehead atoms. The zero-order chi connectivity index (χ0) is 12.2. The molecule has 1 aromatic rings. The zero-order valence-corrected chi connectivity index (χ0v) is 11.8. The molecule has 1 aromatic heterocycles. The minimum atomic E-state index is -3.43. The van der Waals surface area contributed by atoms with Crippen LogP contribution in [0, 0.1) is 13.8 Å². The van der Waals surface area contributed by atoms with Gasteiger partial charge in [-0.1, -0.05) is 0 Å². The van der Waals surface area contributed by atoms with E-state index in [0.29, 0.717) is 17.9 Å². The summed E-state index contributed by atoms with van der Waals surface area (Å²) in [4.78, 5) is 0.261. The van der Waals surface area contributed by atoms with Gasteiger partial charge in [-0.15, -0.1) is 12.4 Å². The number of nitrogens with zero attached hydrogens (tertiary/aromatic N) is 1. The summed E-state index contributed by atoms with van der Waals surface area (Å²) in [6.45, 7) is 4.58. The Labute approximate surface area is 108 Å². The van der Waals surface area contributed by atoms with Crippen molar-refractivity contribution in [2.45, 2.75) is 25.2 Å². The van der Waals surface area contributed by atoms with E-state index >= 15 is 0 Å². The van der Waals surface area contributed by atoms with E-state index in [4.69, 9.17) is 0 Å². The van der Waals surface area contributed by atoms with Crippen LogP contribution >= 0.6 is 12.4 Å². The maximum absolute atomic E-state index is 11.9. The first-order chi connectivity index (χ1) is 7.49. The van der Waals surface area contributed by atoms with Crippen LogP contribution in [0.25, 0.3) is 0 Å². The van der Waals surface area contributed by atoms with E-state index < -0.39 is 10.0 Å². The van der Waals surface area contributed by atoms with Crippen LogP contribution < -0.4 is 10.0 Å². The summed E-state index contributed by atoms with van der Waals surface area (Å²) in [5.41, 5.74) is 1.07. The lowest BCUT2D eigenvalue weighted by Crippen LogP contribution is -2.27. The van der Waals surface area contributed by atoms with Crippen LogP contribution in [0.3, 0.4) is 0 Å². The highest BCUT2D eigenvalue weighted by molar-refractivity contribution is 7.89. The third-order valence-corrected chi connectivity index (χ3v) is 3.95. The Kier molecular flexibility index (Phi) is 6.69. The number of rotatable bonds is 6. The monoisotopic (exact) mass is 282 g/mol. The van der Waals surface area contributed by atoms with Gasteiger partial charge in [0.25, 0.3) is 0 Å². The molecule has 0 aromatic carbocycles. The van der Waals surface area contributed by atoms with Gasteiger partial charge in [0.2, 0.25) is 10.0 Å². The summed E-state index contributed by atoms with van der Waals surface area (Å²) in [5, 5.41) is 9.49. The molecule has 3 N–H and O–H groups in total. The van der Waals surface area contributed by atoms with Gasteiger partial charge in [-0.3, -0.25) is 5.10 Å². The van der Waals surface area contributed by atoms with Gasteiger partial charge in [-0.05, 0) is 33.9 Å². The molecular formula is C9H19ClN4O2S. The molecule has 1 heterocycles. The van der Waals surface area contributed by atoms with E-state index in [0.717, 1.165) is 13.0 Å². The van der Waals surface area contributed by atoms with Crippen molar-refractivity contribution in [1.29, 1.82) is 0 Å². The van der Waals surface area contributed by atoms with E-state index in [2.05, 4.69) is 20.2 Å². The largest absolute Gasteiger partial charge is 0.320 e. The van der Waals surface area contributed by atoms with Crippen molar-refractivity contribution in [1.82, 2.24) is 20.2 Å². The summed E-state index contributed by atoms with van der Waals surface area (Å²) in [6, 6.07) is 0. The van der Waals surface area contributed by atoms with E-state index in [-0.39, 0.29) is 17.3 Å². The fourth-order valence-electron chi connectivity index (χ4n) is 1.48. The van der Waals surface area contributed by atoms with Crippen molar-refractivity contribution in [3.63, 3.8) is 0 Å². The molecule has 1 rings (SSSR count). The summed E-state index contributed by atoms with van der Waals surface area (Å²) < 4.78 is 26.4. The van der Waals surface area contributed by atoms with Crippen LogP contribution in [0.4, 0.5) is 0 Å². The number of aromatic amines is 1. The highest BCUT2D eigenvalue weighted by Gasteiger charge is 2.21. The molecule has 8 heteroatoms. The second-order valence-corrected chi connectivity index (χ2v) is 5.32. The molecule has 17 heavy (non-hydrogen) atoms. The number of sulfonamides is 1. The van der Waals surface area contributed by atoms with Gasteiger partial charge in [0, 0.05) is 6.54 Å². The number of hydrogen-bond acceptors (Lipinski definition) is 4. The van der Waals surface area contributed by atoms with Crippen LogP contribution in [0.5, 0.6) is 0 Å². The second-order valence-electron chi connectivity index (χ2n) is 3.62. The molecule has 6 nitrogen and oxygen atoms in total. The Hall–Kier alpha value is -0.630. The quantitative estimate of drug-likeness (QED) is 0.657. The fourth-order valence-corrected chi connectivity index (χ4v) is 2.92. The second kappa shape index (κ2) is 6.95. The van der Waals surface area contributed by atoms with E-state index in [1.54, 1.807) is 13.8 Å². The lowest BCUT2D eigenvalue weighted by molar-refractivity contribution is 0.576. The Bertz CT molecular complexity index is 424. The number of hydrogen-bond donors (Lipinski definition) is 3. The first-order valence-corrected chi connectivity index (χ1v) is 6.63. The molecule has 0 unspecified atom stereocenters. The summed E-state index contributed by atoms with van der Waals surface area (Å²) >= 11 is 0. The molecule has 0 fully saturated rings. The van der Waals surface area contributed by atoms with Gasteiger partial charge in [-0.2, -0.15) is 5.10 Å². The molecule has 0 saturated carbocycles. The lowest BCUT2D eigenvalue weighted by atomic mass is 10.4. The molecule has 0 atom stereocenters. The smallest absolute Gasteiger partial charge is 0.244 e. The third kappa shape index (κ3) is 4.27. The van der Waals surface area contributed by atoms with Crippen molar-refractivity contribution < 1.29 is 8.42 Å². The first kappa shape index (κ1) is 16.4. The van der Waals surface area contributed by atoms with Crippen molar-refractivity contribution in [2.24, 2.45) is 0 Å². The molecule has 0 radical (unpaired) electrons. The highest BCUT2D eigenvalue weighted by atomic mass is 35.5. The summed E-state index contributed by atoms with van der Waals surface area (Å²) in [7, 11) is -1.60. The van der Waals surface area contributed by atoms with E-state index in [1.165, 1.54) is 0 Å². The third-order valence-electron chi connectivity index (χ3n) is 2.22. The van der Waals surface area contributed by atoms with Crippen LogP contribution in [-0.4, -0.2) is 38.8 Å². The van der Waals surface area contributed by atoms with Gasteiger partial charge in [0.15, 0.2) is 0 Å². The number of aromatic nitrogens is 2. The van der Waals surface area contributed by atoms with Crippen LogP contribution in [-0.2, 0) is 10.0 Å². The van der Waals surface area contributed by atoms with Crippen molar-refractivity contribution in [3.05, 3.63) is 11.4 Å². The maximum Gasteiger partial charge on any atom is 0.244 e. The lowest BCUT2D eigenvalue weighted by Gasteiger charge is -2.06. The zero-order valence-electron chi connectivity index (χ0n) is 10.2. The minimum Gasteiger partial charge on any atom is -0.320 e. The highest BCUT2D eigenvalue weighted by Crippen LogP contribution is 2.15. The van der Waals surface area contributed by atoms with Crippen LogP contribution in [0.1, 0.15) is 17.8 Å². The first-order valence-electron chi connectivity index (χ1n) is 5.15. The predicted octanol–water partition coefficient (Wildman–Crippen LogP) is 0.336. The Morgan fingerprint density at radius 3 is 2.41 bits per heavy atom. The molecular weight excluding hydrogens is 264 g/mol. The van der Waals surface area contributed by atoms with Gasteiger partial charge < -0.3 is 5.32 Å². The SMILES string of the molecule is CNCCCNS(=O)(=O)c1c(C)n[nH]c1C.Cl. The van der Waals surface area contributed by atoms with Crippen molar-refractivity contribution in [2.75, 3.05) is 20.1 Å². The Balaban J connectivity index is 0.00000256. The molecule has 0 spiro atoms. The molecule has 0 saturated heterocycles. The van der Waals surface area contributed by atoms with Gasteiger partial charge in [-0.25, -0.2) is 13.1 Å². The van der Waals surface area contributed by atoms with Crippen LogP contribution in [0.15, 0.2) is 4.90 Å². The summed E-state index contributed by atoms with van der Waals surface area (Å²) in [6.07, 6.45) is 0.756. The average molecular weight is 283 g/mol. The molecule has 0 aliphatic heterocycles. The molecule has 0 amide bonds. The van der Waals surface area contributed by atoms with Gasteiger partial charge >= 0.3 is 0 Å². The van der Waals surface area contributed by atoms with Crippen molar-refractivity contribution >= 4 is 22.4 Å². The Morgan fingerprint density at radius 2 is 1.94 bits per heavy atom. The number of H-pyrrole nitrogens is 1. The number of aryl methyl sites for hydroxylation is 2. The topological polar surface area (TPSA) is 86.9 Å². The van der Waals surface area contributed by atoms with Crippen LogP contribution in [0.2, 0.25) is 0 Å². The number of halogens is 1. The van der Waals surface area contributed by atoms with E-state index in [9.17, 15) is 8.42 Å². The number of nitrogens with one attached hydrogen (secondary N) is 3. The van der Waals surface area contributed by atoms with Gasteiger partial charge in [0.05, 0.1) is 11.4 Å². The predicted molar refractivity (Wildman–Crippen MR) is 69.0 cm³/mol. The standard InChI is InChI=1S/C9H18N4O2S.ClH/c1-7-9(8(2)13-12-7)16(14,15)11-6-4-5-10-3;/h10-11H,4-6H2,1-3H3,(H,12,13);1H. The fraction of sp³-hybridized carbons (Fsp3) is 0.667. The van der Waals surface area contributed by atoms with Gasteiger partial charge in [0.1, 0.15) is 4.90 Å². The minimum absolute atomic E-state index is 0. The normalized spacial score (nSPS) is 11.2. The van der Waals surface area contributed by atoms with E-state index in [1.807, 2.05) is 7.05 Å².